The number of hydrogen-bond donors (Lipinski definition) is 0. The van der Waals surface area contributed by atoms with Crippen molar-refractivity contribution in [2.75, 3.05) is 0 Å². The van der Waals surface area contributed by atoms with Crippen LogP contribution in [0.4, 0.5) is 0 Å². The Labute approximate surface area is 158 Å². The van der Waals surface area contributed by atoms with Gasteiger partial charge in [0.15, 0.2) is 0 Å². The van der Waals surface area contributed by atoms with E-state index in [1.807, 2.05) is 43.3 Å². The Morgan fingerprint density at radius 2 is 1.65 bits per heavy atom. The average molecular weight is 334 g/mol. The molecule has 0 aromatic heterocycles. The minimum atomic E-state index is -4.57. The van der Waals surface area contributed by atoms with Crippen LogP contribution < -0.4 is 29.6 Å². The molecule has 0 aliphatic carbocycles. The molecule has 0 bridgehead atoms. The first-order valence-electron chi connectivity index (χ1n) is 6.91. The summed E-state index contributed by atoms with van der Waals surface area (Å²) in [6.07, 6.45) is 0.375. The molecule has 3 rings (SSSR count). The minimum Gasteiger partial charge on any atom is -0.744 e. The second kappa shape index (κ2) is 6.75. The first kappa shape index (κ1) is 18.2. The molecule has 5 heteroatoms. The van der Waals surface area contributed by atoms with E-state index >= 15 is 0 Å². The van der Waals surface area contributed by atoms with Crippen molar-refractivity contribution in [3.05, 3.63) is 66.2 Å². The van der Waals surface area contributed by atoms with Gasteiger partial charge in [0.1, 0.15) is 10.1 Å². The van der Waals surface area contributed by atoms with Crippen molar-refractivity contribution in [2.45, 2.75) is 18.2 Å². The zero-order valence-corrected chi connectivity index (χ0v) is 16.0. The van der Waals surface area contributed by atoms with E-state index in [0.717, 1.165) is 21.7 Å². The summed E-state index contributed by atoms with van der Waals surface area (Å²) >= 11 is 0. The Kier molecular flexibility index (Phi) is 5.33. The van der Waals surface area contributed by atoms with Gasteiger partial charge in [0.25, 0.3) is 0 Å². The Balaban J connectivity index is 0.00000192. The number of rotatable bonds is 3. The van der Waals surface area contributed by atoms with Gasteiger partial charge in [-0.15, -0.1) is 0 Å². The summed E-state index contributed by atoms with van der Waals surface area (Å²) in [6.45, 7) is 5.62. The third-order valence-electron chi connectivity index (χ3n) is 3.66. The van der Waals surface area contributed by atoms with Crippen LogP contribution in [0.15, 0.2) is 65.6 Å². The number of benzene rings is 3. The molecule has 3 aromatic carbocycles. The molecular formula is C18H15NaO3S. The van der Waals surface area contributed by atoms with Gasteiger partial charge < -0.3 is 4.55 Å². The average Bonchev–Trinajstić information content (AvgIpc) is 2.43. The van der Waals surface area contributed by atoms with E-state index < -0.39 is 10.1 Å². The van der Waals surface area contributed by atoms with E-state index in [-0.39, 0.29) is 34.5 Å². The van der Waals surface area contributed by atoms with Crippen LogP contribution >= 0.6 is 0 Å². The molecule has 0 aliphatic rings. The van der Waals surface area contributed by atoms with Gasteiger partial charge in [-0.25, -0.2) is 8.42 Å². The zero-order valence-electron chi connectivity index (χ0n) is 13.2. The van der Waals surface area contributed by atoms with E-state index in [4.69, 9.17) is 0 Å². The summed E-state index contributed by atoms with van der Waals surface area (Å²) < 4.78 is 35.4. The fourth-order valence-electron chi connectivity index (χ4n) is 2.79. The van der Waals surface area contributed by atoms with Gasteiger partial charge in [-0.1, -0.05) is 48.6 Å². The van der Waals surface area contributed by atoms with Gasteiger partial charge in [0.2, 0.25) is 0 Å². The van der Waals surface area contributed by atoms with Crippen LogP contribution in [0.2, 0.25) is 0 Å². The SMILES string of the molecule is C=C(C)Cc1ccc2cc3ccccc3cc2c1S(=O)(=O)[O-].[Na+]. The molecule has 0 spiro atoms. The Morgan fingerprint density at radius 3 is 2.22 bits per heavy atom. The third kappa shape index (κ3) is 3.67. The van der Waals surface area contributed by atoms with Crippen LogP contribution in [0.25, 0.3) is 21.5 Å². The molecule has 0 aliphatic heterocycles. The van der Waals surface area contributed by atoms with Crippen molar-refractivity contribution in [2.24, 2.45) is 0 Å². The van der Waals surface area contributed by atoms with Gasteiger partial charge in [-0.05, 0) is 47.2 Å². The Hall–Kier alpha value is -1.17. The number of fused-ring (bicyclic) bond motifs is 2. The van der Waals surface area contributed by atoms with Gasteiger partial charge in [0, 0.05) is 5.39 Å². The molecule has 0 atom stereocenters. The van der Waals surface area contributed by atoms with E-state index in [2.05, 4.69) is 6.58 Å². The van der Waals surface area contributed by atoms with Crippen LogP contribution in [0, 0.1) is 0 Å². The topological polar surface area (TPSA) is 57.2 Å². The largest absolute Gasteiger partial charge is 1.00 e. The van der Waals surface area contributed by atoms with Crippen molar-refractivity contribution < 1.29 is 42.5 Å². The number of hydrogen-bond acceptors (Lipinski definition) is 3. The molecule has 0 saturated heterocycles. The van der Waals surface area contributed by atoms with Crippen molar-refractivity contribution in [1.82, 2.24) is 0 Å². The normalized spacial score (nSPS) is 11.4. The summed E-state index contributed by atoms with van der Waals surface area (Å²) in [6, 6.07) is 14.9. The van der Waals surface area contributed by atoms with Crippen LogP contribution in [-0.4, -0.2) is 13.0 Å². The molecule has 0 N–H and O–H groups in total. The fourth-order valence-corrected chi connectivity index (χ4v) is 3.70. The minimum absolute atomic E-state index is 0. The van der Waals surface area contributed by atoms with Crippen molar-refractivity contribution in [3.63, 3.8) is 0 Å². The molecule has 0 heterocycles. The fraction of sp³-hybridized carbons (Fsp3) is 0.111. The van der Waals surface area contributed by atoms with E-state index in [0.29, 0.717) is 17.4 Å². The summed E-state index contributed by atoms with van der Waals surface area (Å²) in [5.41, 5.74) is 1.32. The van der Waals surface area contributed by atoms with E-state index in [1.165, 1.54) is 0 Å². The maximum absolute atomic E-state index is 11.8. The summed E-state index contributed by atoms with van der Waals surface area (Å²) in [5.74, 6) is 0. The smallest absolute Gasteiger partial charge is 0.744 e. The van der Waals surface area contributed by atoms with Crippen molar-refractivity contribution >= 4 is 31.7 Å². The van der Waals surface area contributed by atoms with E-state index in [9.17, 15) is 13.0 Å². The predicted octanol–water partition coefficient (Wildman–Crippen LogP) is 1.02. The molecule has 0 radical (unpaired) electrons. The quantitative estimate of drug-likeness (QED) is 0.311. The molecule has 0 saturated carbocycles. The maximum atomic E-state index is 11.8. The van der Waals surface area contributed by atoms with Gasteiger partial charge in [-0.2, -0.15) is 0 Å². The monoisotopic (exact) mass is 334 g/mol. The molecular weight excluding hydrogens is 319 g/mol. The Morgan fingerprint density at radius 1 is 1.04 bits per heavy atom. The summed E-state index contributed by atoms with van der Waals surface area (Å²) in [4.78, 5) is -0.126. The van der Waals surface area contributed by atoms with Gasteiger partial charge in [0.05, 0.1) is 4.90 Å². The first-order chi connectivity index (χ1) is 10.4. The second-order valence-corrected chi connectivity index (χ2v) is 6.88. The first-order valence-corrected chi connectivity index (χ1v) is 8.32. The molecule has 0 fully saturated rings. The summed E-state index contributed by atoms with van der Waals surface area (Å²) in [5, 5.41) is 3.15. The van der Waals surface area contributed by atoms with Gasteiger partial charge in [-0.3, -0.25) is 0 Å². The van der Waals surface area contributed by atoms with Crippen LogP contribution in [0.3, 0.4) is 0 Å². The molecule has 3 nitrogen and oxygen atoms in total. The maximum Gasteiger partial charge on any atom is 1.00 e. The second-order valence-electron chi connectivity index (χ2n) is 5.56. The van der Waals surface area contributed by atoms with Gasteiger partial charge >= 0.3 is 29.6 Å². The van der Waals surface area contributed by atoms with Crippen LogP contribution in [-0.2, 0) is 16.5 Å². The summed E-state index contributed by atoms with van der Waals surface area (Å²) in [7, 11) is -4.57. The van der Waals surface area contributed by atoms with Crippen molar-refractivity contribution in [3.8, 4) is 0 Å². The molecule has 0 unspecified atom stereocenters. The predicted molar refractivity (Wildman–Crippen MR) is 87.9 cm³/mol. The Bertz CT molecular complexity index is 1010. The number of allylic oxidation sites excluding steroid dienone is 1. The molecule has 112 valence electrons. The standard InChI is InChI=1S/C18H16O3S.Na/c1-12(2)9-16-8-7-15-10-13-5-3-4-6-14(13)11-17(15)18(16)22(19,20)21;/h3-8,10-11H,1,9H2,2H3,(H,19,20,21);/q;+1/p-1. The molecule has 0 amide bonds. The zero-order chi connectivity index (χ0) is 15.9. The third-order valence-corrected chi connectivity index (χ3v) is 4.64. The molecule has 3 aromatic rings. The van der Waals surface area contributed by atoms with E-state index in [1.54, 1.807) is 12.1 Å². The van der Waals surface area contributed by atoms with Crippen LogP contribution in [0.5, 0.6) is 0 Å². The molecule has 23 heavy (non-hydrogen) atoms. The van der Waals surface area contributed by atoms with Crippen LogP contribution in [0.1, 0.15) is 12.5 Å². The van der Waals surface area contributed by atoms with Crippen molar-refractivity contribution in [1.29, 1.82) is 0 Å².